The second kappa shape index (κ2) is 4.30. The Labute approximate surface area is 99.0 Å². The summed E-state index contributed by atoms with van der Waals surface area (Å²) in [5.41, 5.74) is 0.247. The molecule has 0 saturated heterocycles. The molecular weight excluding hydrogens is 221 g/mol. The van der Waals surface area contributed by atoms with Crippen LogP contribution in [0.4, 0.5) is 4.39 Å². The Morgan fingerprint density at radius 2 is 2.06 bits per heavy atom. The fourth-order valence-corrected chi connectivity index (χ4v) is 2.58. The molecule has 0 bridgehead atoms. The van der Waals surface area contributed by atoms with Gasteiger partial charge in [-0.25, -0.2) is 9.18 Å². The number of aryl methyl sites for hydroxylation is 1. The Kier molecular flexibility index (Phi) is 2.99. The van der Waals surface area contributed by atoms with Crippen LogP contribution in [-0.4, -0.2) is 11.2 Å². The second-order valence-corrected chi connectivity index (χ2v) is 4.59. The van der Waals surface area contributed by atoms with Crippen molar-refractivity contribution in [3.05, 3.63) is 29.1 Å². The van der Waals surface area contributed by atoms with Gasteiger partial charge in [0.05, 0.1) is 0 Å². The lowest BCUT2D eigenvalue weighted by Gasteiger charge is -2.24. The minimum absolute atomic E-state index is 0.316. The predicted octanol–water partition coefficient (Wildman–Crippen LogP) is 2.94. The molecule has 1 aliphatic carbocycles. The normalized spacial score (nSPS) is 17.8. The van der Waals surface area contributed by atoms with E-state index in [4.69, 9.17) is 0 Å². The zero-order valence-corrected chi connectivity index (χ0v) is 9.66. The van der Waals surface area contributed by atoms with Crippen LogP contribution in [-0.2, 0) is 10.3 Å². The molecule has 17 heavy (non-hydrogen) atoms. The van der Waals surface area contributed by atoms with Crippen LogP contribution < -0.4 is 0 Å². The summed E-state index contributed by atoms with van der Waals surface area (Å²) < 4.78 is 14.0. The smallest absolute Gasteiger partial charge is 0.235 e. The average Bonchev–Trinajstić information content (AvgIpc) is 2.73. The first-order valence-electron chi connectivity index (χ1n) is 5.68. The van der Waals surface area contributed by atoms with E-state index in [1.807, 2.05) is 0 Å². The maximum Gasteiger partial charge on any atom is 0.235 e. The lowest BCUT2D eigenvalue weighted by molar-refractivity contribution is 0.393. The first kappa shape index (κ1) is 11.8. The monoisotopic (exact) mass is 235 g/mol. The third-order valence-electron chi connectivity index (χ3n) is 3.39. The predicted molar refractivity (Wildman–Crippen MR) is 61.1 cm³/mol. The van der Waals surface area contributed by atoms with Crippen molar-refractivity contribution in [2.75, 3.05) is 0 Å². The van der Waals surface area contributed by atoms with Gasteiger partial charge in [-0.3, -0.25) is 0 Å². The summed E-state index contributed by atoms with van der Waals surface area (Å²) in [5.74, 6) is -1.05. The number of rotatable bonds is 2. The Morgan fingerprint density at radius 3 is 2.65 bits per heavy atom. The average molecular weight is 235 g/mol. The highest BCUT2D eigenvalue weighted by Gasteiger charge is 2.38. The van der Waals surface area contributed by atoms with Crippen LogP contribution in [0.1, 0.15) is 36.8 Å². The molecule has 0 aromatic heterocycles. The summed E-state index contributed by atoms with van der Waals surface area (Å²) in [6.45, 7) is 1.77. The number of phenolic OH excluding ortho intramolecular Hbond substituents is 1. The molecule has 0 unspecified atom stereocenters. The van der Waals surface area contributed by atoms with Crippen molar-refractivity contribution in [2.45, 2.75) is 38.1 Å². The Hall–Kier alpha value is -1.67. The molecule has 1 fully saturated rings. The molecule has 4 heteroatoms. The van der Waals surface area contributed by atoms with E-state index in [0.29, 0.717) is 18.4 Å². The van der Waals surface area contributed by atoms with Gasteiger partial charge in [0.2, 0.25) is 6.08 Å². The number of hydrogen-bond donors (Lipinski definition) is 1. The van der Waals surface area contributed by atoms with Crippen molar-refractivity contribution >= 4 is 6.08 Å². The molecule has 1 aromatic rings. The second-order valence-electron chi connectivity index (χ2n) is 4.59. The molecule has 1 aliphatic rings. The van der Waals surface area contributed by atoms with Gasteiger partial charge in [-0.1, -0.05) is 18.9 Å². The molecule has 2 rings (SSSR count). The fourth-order valence-electron chi connectivity index (χ4n) is 2.58. The lowest BCUT2D eigenvalue weighted by Crippen LogP contribution is -2.21. The lowest BCUT2D eigenvalue weighted by atomic mass is 9.87. The highest BCUT2D eigenvalue weighted by Crippen LogP contribution is 2.44. The van der Waals surface area contributed by atoms with Crippen molar-refractivity contribution in [1.29, 1.82) is 0 Å². The van der Waals surface area contributed by atoms with E-state index in [1.54, 1.807) is 19.1 Å². The quantitative estimate of drug-likeness (QED) is 0.633. The largest absolute Gasteiger partial charge is 0.505 e. The zero-order valence-electron chi connectivity index (χ0n) is 9.66. The highest BCUT2D eigenvalue weighted by atomic mass is 19.1. The maximum atomic E-state index is 14.0. The summed E-state index contributed by atoms with van der Waals surface area (Å²) >= 11 is 0. The molecule has 3 nitrogen and oxygen atoms in total. The molecule has 0 aliphatic heterocycles. The van der Waals surface area contributed by atoms with Crippen molar-refractivity contribution in [2.24, 2.45) is 4.99 Å². The highest BCUT2D eigenvalue weighted by molar-refractivity contribution is 5.43. The van der Waals surface area contributed by atoms with Crippen LogP contribution >= 0.6 is 0 Å². The molecule has 0 atom stereocenters. The molecule has 1 aromatic carbocycles. The van der Waals surface area contributed by atoms with Gasteiger partial charge in [0.1, 0.15) is 5.54 Å². The number of halogens is 1. The number of nitrogens with zero attached hydrogens (tertiary/aromatic N) is 1. The van der Waals surface area contributed by atoms with Crippen LogP contribution in [0.3, 0.4) is 0 Å². The van der Waals surface area contributed by atoms with Gasteiger partial charge in [0, 0.05) is 5.56 Å². The third kappa shape index (κ3) is 1.96. The van der Waals surface area contributed by atoms with Gasteiger partial charge in [-0.2, -0.15) is 4.99 Å². The van der Waals surface area contributed by atoms with Gasteiger partial charge in [0.25, 0.3) is 0 Å². The van der Waals surface area contributed by atoms with E-state index in [9.17, 15) is 14.3 Å². The van der Waals surface area contributed by atoms with E-state index in [-0.39, 0.29) is 5.75 Å². The topological polar surface area (TPSA) is 49.7 Å². The van der Waals surface area contributed by atoms with Gasteiger partial charge in [-0.15, -0.1) is 0 Å². The van der Waals surface area contributed by atoms with E-state index in [2.05, 4.69) is 4.99 Å². The summed E-state index contributed by atoms with van der Waals surface area (Å²) in [5, 5.41) is 9.51. The molecule has 90 valence electrons. The summed E-state index contributed by atoms with van der Waals surface area (Å²) in [6, 6.07) is 3.02. The number of carbonyl (C=O) groups excluding carboxylic acids is 1. The minimum Gasteiger partial charge on any atom is -0.505 e. The number of isocyanates is 1. The first-order chi connectivity index (χ1) is 8.09. The number of aromatic hydroxyl groups is 1. The standard InChI is InChI=1S/C13H14FNO2/c1-9-6-10(12(14)11(17)7-9)13(15-8-16)4-2-3-5-13/h6-7,17H,2-5H2,1H3. The molecule has 1 N–H and O–H groups in total. The molecule has 0 amide bonds. The molecule has 0 radical (unpaired) electrons. The van der Waals surface area contributed by atoms with Crippen LogP contribution in [0.2, 0.25) is 0 Å². The van der Waals surface area contributed by atoms with Gasteiger partial charge in [-0.05, 0) is 31.4 Å². The molecular formula is C13H14FNO2. The van der Waals surface area contributed by atoms with E-state index in [0.717, 1.165) is 18.4 Å². The Bertz CT molecular complexity index is 486. The summed E-state index contributed by atoms with van der Waals surface area (Å²) in [4.78, 5) is 14.4. The maximum absolute atomic E-state index is 14.0. The van der Waals surface area contributed by atoms with E-state index in [1.165, 1.54) is 6.07 Å². The van der Waals surface area contributed by atoms with Crippen LogP contribution in [0, 0.1) is 12.7 Å². The minimum atomic E-state index is -0.824. The van der Waals surface area contributed by atoms with Crippen LogP contribution in [0.25, 0.3) is 0 Å². The van der Waals surface area contributed by atoms with Crippen molar-refractivity contribution < 1.29 is 14.3 Å². The SMILES string of the molecule is Cc1cc(O)c(F)c(C2(N=C=O)CCCC2)c1. The molecule has 0 heterocycles. The van der Waals surface area contributed by atoms with Crippen molar-refractivity contribution in [3.63, 3.8) is 0 Å². The Morgan fingerprint density at radius 1 is 1.41 bits per heavy atom. The van der Waals surface area contributed by atoms with E-state index >= 15 is 0 Å². The number of benzene rings is 1. The van der Waals surface area contributed by atoms with Gasteiger partial charge < -0.3 is 5.11 Å². The first-order valence-corrected chi connectivity index (χ1v) is 5.68. The van der Waals surface area contributed by atoms with Crippen LogP contribution in [0.15, 0.2) is 17.1 Å². The molecule has 1 saturated carbocycles. The Balaban J connectivity index is 2.61. The summed E-state index contributed by atoms with van der Waals surface area (Å²) in [7, 11) is 0. The van der Waals surface area contributed by atoms with E-state index < -0.39 is 11.4 Å². The van der Waals surface area contributed by atoms with Gasteiger partial charge in [0.15, 0.2) is 11.6 Å². The van der Waals surface area contributed by atoms with Crippen LogP contribution in [0.5, 0.6) is 5.75 Å². The van der Waals surface area contributed by atoms with Crippen molar-refractivity contribution in [3.8, 4) is 5.75 Å². The fraction of sp³-hybridized carbons (Fsp3) is 0.462. The third-order valence-corrected chi connectivity index (χ3v) is 3.39. The number of hydrogen-bond acceptors (Lipinski definition) is 3. The van der Waals surface area contributed by atoms with Gasteiger partial charge >= 0.3 is 0 Å². The molecule has 0 spiro atoms. The summed E-state index contributed by atoms with van der Waals surface area (Å²) in [6.07, 6.45) is 4.60. The number of phenols is 1. The zero-order chi connectivity index (χ0) is 12.5. The number of aliphatic imine (C=N–C) groups is 1. The van der Waals surface area contributed by atoms with Crippen molar-refractivity contribution in [1.82, 2.24) is 0 Å².